The molecular formula is C24H25N7O2. The number of benzene rings is 1. The van der Waals surface area contributed by atoms with Crippen molar-refractivity contribution in [2.45, 2.75) is 19.9 Å². The average Bonchev–Trinajstić information content (AvgIpc) is 3.35. The third-order valence-corrected chi connectivity index (χ3v) is 5.66. The number of nitrogens with one attached hydrogen (secondary N) is 1. The maximum atomic E-state index is 12.9. The van der Waals surface area contributed by atoms with Gasteiger partial charge in [0.15, 0.2) is 5.82 Å². The van der Waals surface area contributed by atoms with Gasteiger partial charge in [0.25, 0.3) is 5.91 Å². The van der Waals surface area contributed by atoms with E-state index in [9.17, 15) is 4.79 Å². The second-order valence-electron chi connectivity index (χ2n) is 8.22. The molecule has 1 fully saturated rings. The minimum Gasteiger partial charge on any atom is -0.378 e. The van der Waals surface area contributed by atoms with Crippen molar-refractivity contribution in [3.8, 4) is 11.5 Å². The molecule has 0 atom stereocenters. The van der Waals surface area contributed by atoms with Crippen molar-refractivity contribution >= 4 is 28.3 Å². The summed E-state index contributed by atoms with van der Waals surface area (Å²) < 4.78 is 7.36. The summed E-state index contributed by atoms with van der Waals surface area (Å²) in [6.45, 7) is 7.26. The molecular weight excluding hydrogens is 418 g/mol. The van der Waals surface area contributed by atoms with Crippen molar-refractivity contribution in [2.24, 2.45) is 0 Å². The Morgan fingerprint density at radius 3 is 2.79 bits per heavy atom. The van der Waals surface area contributed by atoms with Crippen LogP contribution in [0, 0.1) is 0 Å². The molecule has 1 aromatic carbocycles. The highest BCUT2D eigenvalue weighted by Gasteiger charge is 2.15. The molecule has 3 aromatic heterocycles. The number of hydrogen-bond donors (Lipinski definition) is 1. The van der Waals surface area contributed by atoms with Crippen LogP contribution in [-0.2, 0) is 4.74 Å². The summed E-state index contributed by atoms with van der Waals surface area (Å²) in [5.74, 6) is 0.865. The molecule has 9 nitrogen and oxygen atoms in total. The number of pyridine rings is 2. The molecule has 1 aliphatic rings. The van der Waals surface area contributed by atoms with Crippen LogP contribution in [-0.4, -0.2) is 56.9 Å². The molecule has 1 amide bonds. The fraction of sp³-hybridized carbons (Fsp3) is 0.292. The average molecular weight is 444 g/mol. The van der Waals surface area contributed by atoms with Crippen LogP contribution in [0.1, 0.15) is 30.2 Å². The zero-order valence-electron chi connectivity index (χ0n) is 18.6. The van der Waals surface area contributed by atoms with E-state index in [2.05, 4.69) is 50.3 Å². The summed E-state index contributed by atoms with van der Waals surface area (Å²) in [7, 11) is 0. The van der Waals surface area contributed by atoms with Gasteiger partial charge in [-0.15, -0.1) is 10.2 Å². The molecule has 0 bridgehead atoms. The number of nitrogens with zero attached hydrogens (tertiary/aromatic N) is 6. The van der Waals surface area contributed by atoms with Crippen LogP contribution in [0.5, 0.6) is 0 Å². The Morgan fingerprint density at radius 2 is 1.97 bits per heavy atom. The second kappa shape index (κ2) is 8.95. The molecule has 0 spiro atoms. The van der Waals surface area contributed by atoms with Gasteiger partial charge in [-0.05, 0) is 44.2 Å². The van der Waals surface area contributed by atoms with Crippen molar-refractivity contribution < 1.29 is 9.53 Å². The highest BCUT2D eigenvalue weighted by molar-refractivity contribution is 6.05. The quantitative estimate of drug-likeness (QED) is 0.504. The number of hydrogen-bond acceptors (Lipinski definition) is 7. The standard InChI is InChI=1S/C24H25N7O2/c1-16(2)31-15-26-29-23(31)20-4-3-5-22(27-20)28-24(32)18-7-6-17-12-19(14-25-21(17)13-18)30-8-10-33-11-9-30/h3-7,12-16H,8-11H2,1-2H3,(H,27,28,32). The lowest BCUT2D eigenvalue weighted by atomic mass is 10.1. The SMILES string of the molecule is CC(C)n1cnnc1-c1cccc(NC(=O)c2ccc3cc(N4CCOCC4)cnc3c2)n1. The Balaban J connectivity index is 1.35. The van der Waals surface area contributed by atoms with Crippen molar-refractivity contribution in [2.75, 3.05) is 36.5 Å². The maximum absolute atomic E-state index is 12.9. The van der Waals surface area contributed by atoms with Gasteiger partial charge in [-0.3, -0.25) is 9.78 Å². The van der Waals surface area contributed by atoms with E-state index in [1.807, 2.05) is 35.0 Å². The Kier molecular flexibility index (Phi) is 5.70. The van der Waals surface area contributed by atoms with Gasteiger partial charge in [0.2, 0.25) is 0 Å². The third-order valence-electron chi connectivity index (χ3n) is 5.66. The monoisotopic (exact) mass is 443 g/mol. The molecule has 0 unspecified atom stereocenters. The Morgan fingerprint density at radius 1 is 1.12 bits per heavy atom. The highest BCUT2D eigenvalue weighted by atomic mass is 16.5. The molecule has 33 heavy (non-hydrogen) atoms. The number of aromatic nitrogens is 5. The molecule has 5 rings (SSSR count). The van der Waals surface area contributed by atoms with Gasteiger partial charge in [-0.2, -0.15) is 0 Å². The molecule has 168 valence electrons. The second-order valence-corrected chi connectivity index (χ2v) is 8.22. The van der Waals surface area contributed by atoms with Gasteiger partial charge >= 0.3 is 0 Å². The molecule has 1 aliphatic heterocycles. The zero-order chi connectivity index (χ0) is 22.8. The summed E-state index contributed by atoms with van der Waals surface area (Å²) >= 11 is 0. The van der Waals surface area contributed by atoms with E-state index in [1.54, 1.807) is 18.5 Å². The van der Waals surface area contributed by atoms with Gasteiger partial charge in [0.05, 0.1) is 30.6 Å². The highest BCUT2D eigenvalue weighted by Crippen LogP contribution is 2.23. The Hall–Kier alpha value is -3.85. The van der Waals surface area contributed by atoms with E-state index in [-0.39, 0.29) is 11.9 Å². The largest absolute Gasteiger partial charge is 0.378 e. The van der Waals surface area contributed by atoms with Crippen LogP contribution in [0.2, 0.25) is 0 Å². The summed E-state index contributed by atoms with van der Waals surface area (Å²) in [4.78, 5) is 24.3. The number of carbonyl (C=O) groups is 1. The molecule has 0 aliphatic carbocycles. The number of rotatable bonds is 5. The first kappa shape index (κ1) is 21.0. The van der Waals surface area contributed by atoms with Gasteiger partial charge in [-0.25, -0.2) is 4.98 Å². The third kappa shape index (κ3) is 4.40. The first-order valence-corrected chi connectivity index (χ1v) is 11.0. The lowest BCUT2D eigenvalue weighted by Gasteiger charge is -2.28. The van der Waals surface area contributed by atoms with E-state index in [1.165, 1.54) is 0 Å². The first-order chi connectivity index (χ1) is 16.1. The number of anilines is 2. The summed E-state index contributed by atoms with van der Waals surface area (Å²) in [6.07, 6.45) is 3.53. The Bertz CT molecular complexity index is 1290. The van der Waals surface area contributed by atoms with E-state index in [4.69, 9.17) is 4.74 Å². The Labute approximate surface area is 191 Å². The van der Waals surface area contributed by atoms with Crippen LogP contribution in [0.3, 0.4) is 0 Å². The smallest absolute Gasteiger partial charge is 0.256 e. The van der Waals surface area contributed by atoms with Gasteiger partial charge in [0, 0.05) is 30.1 Å². The van der Waals surface area contributed by atoms with Gasteiger partial charge < -0.3 is 19.5 Å². The number of fused-ring (bicyclic) bond motifs is 1. The van der Waals surface area contributed by atoms with Crippen LogP contribution >= 0.6 is 0 Å². The minimum absolute atomic E-state index is 0.198. The summed E-state index contributed by atoms with van der Waals surface area (Å²) in [5, 5.41) is 12.0. The first-order valence-electron chi connectivity index (χ1n) is 11.0. The summed E-state index contributed by atoms with van der Waals surface area (Å²) in [5.41, 5.74) is 3.01. The topological polar surface area (TPSA) is 98.1 Å². The molecule has 4 heterocycles. The normalized spacial score (nSPS) is 14.1. The van der Waals surface area contributed by atoms with Crippen LogP contribution in [0.4, 0.5) is 11.5 Å². The van der Waals surface area contributed by atoms with Crippen LogP contribution in [0.15, 0.2) is 55.0 Å². The van der Waals surface area contributed by atoms with E-state index < -0.39 is 0 Å². The molecule has 9 heteroatoms. The molecule has 0 saturated carbocycles. The number of carbonyl (C=O) groups excluding carboxylic acids is 1. The molecule has 0 radical (unpaired) electrons. The van der Waals surface area contributed by atoms with Gasteiger partial charge in [-0.1, -0.05) is 12.1 Å². The fourth-order valence-electron chi connectivity index (χ4n) is 3.87. The molecule has 1 saturated heterocycles. The maximum Gasteiger partial charge on any atom is 0.256 e. The molecule has 1 N–H and O–H groups in total. The predicted molar refractivity (Wildman–Crippen MR) is 126 cm³/mol. The predicted octanol–water partition coefficient (Wildman–Crippen LogP) is 3.56. The zero-order valence-corrected chi connectivity index (χ0v) is 18.6. The fourth-order valence-corrected chi connectivity index (χ4v) is 3.87. The number of morpholine rings is 1. The van der Waals surface area contributed by atoms with Crippen molar-refractivity contribution in [1.29, 1.82) is 0 Å². The van der Waals surface area contributed by atoms with Crippen molar-refractivity contribution in [3.63, 3.8) is 0 Å². The van der Waals surface area contributed by atoms with Crippen molar-refractivity contribution in [1.82, 2.24) is 24.7 Å². The lowest BCUT2D eigenvalue weighted by molar-refractivity contribution is 0.102. The van der Waals surface area contributed by atoms with Crippen LogP contribution in [0.25, 0.3) is 22.4 Å². The van der Waals surface area contributed by atoms with E-state index >= 15 is 0 Å². The van der Waals surface area contributed by atoms with Crippen molar-refractivity contribution in [3.05, 3.63) is 60.6 Å². The lowest BCUT2D eigenvalue weighted by Crippen LogP contribution is -2.36. The number of ether oxygens (including phenoxy) is 1. The minimum atomic E-state index is -0.245. The van der Waals surface area contributed by atoms with Gasteiger partial charge in [0.1, 0.15) is 17.8 Å². The van der Waals surface area contributed by atoms with E-state index in [0.29, 0.717) is 22.9 Å². The van der Waals surface area contributed by atoms with Crippen LogP contribution < -0.4 is 10.2 Å². The molecule has 4 aromatic rings. The number of amides is 1. The van der Waals surface area contributed by atoms with E-state index in [0.717, 1.165) is 42.9 Å². The summed E-state index contributed by atoms with van der Waals surface area (Å²) in [6, 6.07) is 13.3.